The number of rotatable bonds is 6. The molecule has 0 unspecified atom stereocenters. The molecule has 0 atom stereocenters. The number of carbonyl (C=O) groups excluding carboxylic acids is 1. The van der Waals surface area contributed by atoms with Gasteiger partial charge in [-0.25, -0.2) is 0 Å². The Morgan fingerprint density at radius 2 is 2.04 bits per heavy atom. The molecule has 0 radical (unpaired) electrons. The lowest BCUT2D eigenvalue weighted by Crippen LogP contribution is -2.49. The molecule has 1 fully saturated rings. The molecule has 1 N–H and O–H groups in total. The minimum atomic E-state index is -0.270. The second-order valence-corrected chi connectivity index (χ2v) is 7.87. The molecule has 1 saturated carbocycles. The summed E-state index contributed by atoms with van der Waals surface area (Å²) >= 11 is 1.79. The number of aliphatic imine (C=N–C) groups is 1. The number of nitrogens with one attached hydrogen (secondary N) is 1. The Balaban J connectivity index is 1.92. The predicted octanol–water partition coefficient (Wildman–Crippen LogP) is 2.45. The molecular weight excluding hydrogens is 320 g/mol. The van der Waals surface area contributed by atoms with Crippen molar-refractivity contribution in [2.45, 2.75) is 32.1 Å². The molecule has 5 nitrogen and oxygen atoms in total. The first-order valence-corrected chi connectivity index (χ1v) is 9.52. The fraction of sp³-hybridized carbons (Fsp3) is 0.667. The summed E-state index contributed by atoms with van der Waals surface area (Å²) in [6, 6.07) is 4.25. The Labute approximate surface area is 149 Å². The fourth-order valence-electron chi connectivity index (χ4n) is 3.46. The molecule has 0 aromatic carbocycles. The van der Waals surface area contributed by atoms with E-state index in [9.17, 15) is 4.79 Å². The molecule has 0 saturated heterocycles. The van der Waals surface area contributed by atoms with E-state index >= 15 is 0 Å². The zero-order valence-corrected chi connectivity index (χ0v) is 16.2. The predicted molar refractivity (Wildman–Crippen MR) is 102 cm³/mol. The molecule has 0 bridgehead atoms. The average Bonchev–Trinajstić information content (AvgIpc) is 3.25. The van der Waals surface area contributed by atoms with Crippen LogP contribution >= 0.6 is 11.3 Å². The van der Waals surface area contributed by atoms with Gasteiger partial charge in [0.1, 0.15) is 0 Å². The largest absolute Gasteiger partial charge is 0.355 e. The van der Waals surface area contributed by atoms with E-state index in [1.165, 1.54) is 4.88 Å². The summed E-state index contributed by atoms with van der Waals surface area (Å²) < 4.78 is 0. The molecule has 1 aromatic heterocycles. The van der Waals surface area contributed by atoms with Crippen LogP contribution < -0.4 is 5.32 Å². The highest BCUT2D eigenvalue weighted by molar-refractivity contribution is 7.09. The van der Waals surface area contributed by atoms with E-state index in [-0.39, 0.29) is 11.3 Å². The topological polar surface area (TPSA) is 47.9 Å². The molecule has 134 valence electrons. The molecule has 1 aromatic rings. The number of nitrogens with zero attached hydrogens (tertiary/aromatic N) is 3. The number of guanidine groups is 1. The van der Waals surface area contributed by atoms with Gasteiger partial charge in [0, 0.05) is 46.2 Å². The van der Waals surface area contributed by atoms with E-state index < -0.39 is 0 Å². The van der Waals surface area contributed by atoms with E-state index in [1.807, 2.05) is 14.1 Å². The minimum absolute atomic E-state index is 0.240. The number of hydrogen-bond acceptors (Lipinski definition) is 3. The zero-order chi connectivity index (χ0) is 17.6. The zero-order valence-electron chi connectivity index (χ0n) is 15.3. The van der Waals surface area contributed by atoms with E-state index in [2.05, 4.69) is 39.8 Å². The molecule has 2 rings (SSSR count). The van der Waals surface area contributed by atoms with Gasteiger partial charge < -0.3 is 15.1 Å². The van der Waals surface area contributed by atoms with Crippen molar-refractivity contribution in [3.63, 3.8) is 0 Å². The van der Waals surface area contributed by atoms with E-state index in [4.69, 9.17) is 0 Å². The van der Waals surface area contributed by atoms with Crippen LogP contribution in [0.3, 0.4) is 0 Å². The fourth-order valence-corrected chi connectivity index (χ4v) is 4.16. The molecule has 1 aliphatic carbocycles. The lowest BCUT2D eigenvalue weighted by atomic mass is 9.84. The van der Waals surface area contributed by atoms with Crippen LogP contribution in [-0.2, 0) is 11.2 Å². The smallest absolute Gasteiger partial charge is 0.230 e. The van der Waals surface area contributed by atoms with Gasteiger partial charge in [-0.2, -0.15) is 0 Å². The van der Waals surface area contributed by atoms with Crippen LogP contribution in [0.15, 0.2) is 22.5 Å². The lowest BCUT2D eigenvalue weighted by molar-refractivity contribution is -0.138. The molecular formula is C18H30N4OS. The summed E-state index contributed by atoms with van der Waals surface area (Å²) in [4.78, 5) is 22.3. The van der Waals surface area contributed by atoms with Gasteiger partial charge in [0.05, 0.1) is 5.41 Å². The normalized spacial score (nSPS) is 16.9. The second kappa shape index (κ2) is 8.51. The van der Waals surface area contributed by atoms with E-state index in [0.717, 1.165) is 44.6 Å². The number of hydrogen-bond donors (Lipinski definition) is 1. The van der Waals surface area contributed by atoms with Crippen molar-refractivity contribution < 1.29 is 4.79 Å². The van der Waals surface area contributed by atoms with Crippen molar-refractivity contribution in [2.24, 2.45) is 10.4 Å². The van der Waals surface area contributed by atoms with Crippen LogP contribution in [0, 0.1) is 5.41 Å². The van der Waals surface area contributed by atoms with Gasteiger partial charge in [0.25, 0.3) is 0 Å². The van der Waals surface area contributed by atoms with Crippen molar-refractivity contribution in [1.29, 1.82) is 0 Å². The Kier molecular flexibility index (Phi) is 6.66. The van der Waals surface area contributed by atoms with Gasteiger partial charge in [-0.3, -0.25) is 9.79 Å². The third kappa shape index (κ3) is 4.50. The van der Waals surface area contributed by atoms with Crippen LogP contribution in [-0.4, -0.2) is 62.9 Å². The number of thiophene rings is 1. The molecule has 1 aliphatic rings. The van der Waals surface area contributed by atoms with Crippen LogP contribution in [0.1, 0.15) is 30.6 Å². The maximum Gasteiger partial charge on any atom is 0.230 e. The van der Waals surface area contributed by atoms with Crippen molar-refractivity contribution >= 4 is 23.2 Å². The molecule has 1 heterocycles. The van der Waals surface area contributed by atoms with E-state index in [1.54, 1.807) is 23.3 Å². The van der Waals surface area contributed by atoms with Gasteiger partial charge >= 0.3 is 0 Å². The van der Waals surface area contributed by atoms with Gasteiger partial charge in [-0.05, 0) is 30.7 Å². The Bertz CT molecular complexity index is 547. The van der Waals surface area contributed by atoms with Gasteiger partial charge in [0.2, 0.25) is 5.91 Å². The quantitative estimate of drug-likeness (QED) is 0.633. The molecule has 24 heavy (non-hydrogen) atoms. The second-order valence-electron chi connectivity index (χ2n) is 6.84. The Morgan fingerprint density at radius 3 is 2.58 bits per heavy atom. The summed E-state index contributed by atoms with van der Waals surface area (Å²) in [5, 5.41) is 5.56. The third-order valence-corrected chi connectivity index (χ3v) is 5.79. The Morgan fingerprint density at radius 1 is 1.33 bits per heavy atom. The monoisotopic (exact) mass is 350 g/mol. The summed E-state index contributed by atoms with van der Waals surface area (Å²) in [6.07, 6.45) is 5.21. The van der Waals surface area contributed by atoms with Gasteiger partial charge in [-0.1, -0.05) is 18.9 Å². The highest BCUT2D eigenvalue weighted by Gasteiger charge is 2.42. The molecule has 0 aliphatic heterocycles. The highest BCUT2D eigenvalue weighted by atomic mass is 32.1. The number of carbonyl (C=O) groups is 1. The Hall–Kier alpha value is -1.56. The highest BCUT2D eigenvalue weighted by Crippen LogP contribution is 2.38. The molecule has 6 heteroatoms. The standard InChI is InChI=1S/C18H30N4OS/c1-19-17(22(4)12-9-15-8-7-13-24-15)20-14-18(10-5-6-11-18)16(23)21(2)3/h7-8,13H,5-6,9-12,14H2,1-4H3,(H,19,20). The third-order valence-electron chi connectivity index (χ3n) is 4.85. The SMILES string of the molecule is CN=C(NCC1(C(=O)N(C)C)CCCC1)N(C)CCc1cccs1. The summed E-state index contributed by atoms with van der Waals surface area (Å²) in [5.41, 5.74) is -0.270. The summed E-state index contributed by atoms with van der Waals surface area (Å²) in [7, 11) is 7.56. The van der Waals surface area contributed by atoms with Crippen molar-refractivity contribution in [1.82, 2.24) is 15.1 Å². The minimum Gasteiger partial charge on any atom is -0.355 e. The first-order chi connectivity index (χ1) is 11.5. The average molecular weight is 351 g/mol. The van der Waals surface area contributed by atoms with Crippen molar-refractivity contribution in [2.75, 3.05) is 41.3 Å². The first kappa shape index (κ1) is 18.8. The summed E-state index contributed by atoms with van der Waals surface area (Å²) in [5.74, 6) is 1.11. The maximum atomic E-state index is 12.7. The van der Waals surface area contributed by atoms with Crippen LogP contribution in [0.4, 0.5) is 0 Å². The van der Waals surface area contributed by atoms with Gasteiger partial charge in [-0.15, -0.1) is 11.3 Å². The summed E-state index contributed by atoms with van der Waals surface area (Å²) in [6.45, 7) is 1.58. The molecule has 1 amide bonds. The lowest BCUT2D eigenvalue weighted by Gasteiger charge is -2.32. The van der Waals surface area contributed by atoms with Crippen molar-refractivity contribution in [3.8, 4) is 0 Å². The van der Waals surface area contributed by atoms with Crippen LogP contribution in [0.25, 0.3) is 0 Å². The number of amides is 1. The van der Waals surface area contributed by atoms with Gasteiger partial charge in [0.15, 0.2) is 5.96 Å². The first-order valence-electron chi connectivity index (χ1n) is 8.64. The van der Waals surface area contributed by atoms with Crippen LogP contribution in [0.5, 0.6) is 0 Å². The maximum absolute atomic E-state index is 12.7. The van der Waals surface area contributed by atoms with Crippen molar-refractivity contribution in [3.05, 3.63) is 22.4 Å². The number of likely N-dealkylation sites (N-methyl/N-ethyl adjacent to an activating group) is 1. The van der Waals surface area contributed by atoms with E-state index in [0.29, 0.717) is 6.54 Å². The van der Waals surface area contributed by atoms with Crippen LogP contribution in [0.2, 0.25) is 0 Å². The molecule has 0 spiro atoms.